The molecule has 1 aromatic rings. The first-order chi connectivity index (χ1) is 7.68. The predicted molar refractivity (Wildman–Crippen MR) is 56.1 cm³/mol. The van der Waals surface area contributed by atoms with Gasteiger partial charge in [0.25, 0.3) is 0 Å². The van der Waals surface area contributed by atoms with Gasteiger partial charge in [-0.15, -0.1) is 0 Å². The third-order valence-electron chi connectivity index (χ3n) is 2.25. The van der Waals surface area contributed by atoms with E-state index < -0.39 is 5.97 Å². The van der Waals surface area contributed by atoms with Gasteiger partial charge < -0.3 is 14.6 Å². The zero-order valence-electron chi connectivity index (χ0n) is 8.35. The monoisotopic (exact) mass is 243 g/mol. The molecular formula is C10H10ClNO4. The molecule has 1 fully saturated rings. The molecule has 0 aromatic carbocycles. The molecule has 1 saturated heterocycles. The second kappa shape index (κ2) is 4.67. The number of carbonyl (C=O) groups is 1. The van der Waals surface area contributed by atoms with Crippen LogP contribution in [0.25, 0.3) is 0 Å². The molecule has 0 spiro atoms. The van der Waals surface area contributed by atoms with Crippen molar-refractivity contribution < 1.29 is 19.4 Å². The maximum absolute atomic E-state index is 10.8. The largest absolute Gasteiger partial charge is 0.478 e. The van der Waals surface area contributed by atoms with Crippen molar-refractivity contribution in [3.63, 3.8) is 0 Å². The summed E-state index contributed by atoms with van der Waals surface area (Å²) in [7, 11) is 0. The highest BCUT2D eigenvalue weighted by Gasteiger charge is 2.21. The number of ether oxygens (including phenoxy) is 2. The van der Waals surface area contributed by atoms with E-state index in [0.717, 1.165) is 6.42 Å². The summed E-state index contributed by atoms with van der Waals surface area (Å²) in [6.45, 7) is 1.12. The Hall–Kier alpha value is -1.33. The van der Waals surface area contributed by atoms with Crippen molar-refractivity contribution in [2.45, 2.75) is 12.5 Å². The van der Waals surface area contributed by atoms with Crippen LogP contribution in [-0.4, -0.2) is 35.4 Å². The minimum atomic E-state index is -1.10. The van der Waals surface area contributed by atoms with Crippen LogP contribution in [0, 0.1) is 0 Å². The van der Waals surface area contributed by atoms with Gasteiger partial charge in [-0.25, -0.2) is 9.78 Å². The molecule has 0 bridgehead atoms. The van der Waals surface area contributed by atoms with Gasteiger partial charge >= 0.3 is 5.97 Å². The standard InChI is InChI=1S/C10H10ClNO4/c11-8-7(10(13)14)1-3-12-9(8)16-6-2-4-15-5-6/h1,3,6H,2,4-5H2,(H,13,14). The number of nitrogens with zero attached hydrogens (tertiary/aromatic N) is 1. The molecule has 16 heavy (non-hydrogen) atoms. The number of hydrogen-bond acceptors (Lipinski definition) is 4. The normalized spacial score (nSPS) is 19.7. The second-order valence-corrected chi connectivity index (χ2v) is 3.76. The Morgan fingerprint density at radius 1 is 1.69 bits per heavy atom. The van der Waals surface area contributed by atoms with Crippen molar-refractivity contribution in [2.75, 3.05) is 13.2 Å². The molecule has 2 rings (SSSR count). The maximum atomic E-state index is 10.8. The second-order valence-electron chi connectivity index (χ2n) is 3.39. The molecule has 1 N–H and O–H groups in total. The van der Waals surface area contributed by atoms with E-state index in [1.54, 1.807) is 0 Å². The van der Waals surface area contributed by atoms with Gasteiger partial charge in [0.15, 0.2) is 0 Å². The topological polar surface area (TPSA) is 68.7 Å². The van der Waals surface area contributed by atoms with E-state index in [1.807, 2.05) is 0 Å². The number of pyridine rings is 1. The highest BCUT2D eigenvalue weighted by atomic mass is 35.5. The number of halogens is 1. The Balaban J connectivity index is 2.20. The average molecular weight is 244 g/mol. The Bertz CT molecular complexity index is 404. The predicted octanol–water partition coefficient (Wildman–Crippen LogP) is 1.60. The minimum absolute atomic E-state index is 0.00872. The lowest BCUT2D eigenvalue weighted by atomic mass is 10.2. The van der Waals surface area contributed by atoms with Crippen LogP contribution in [0.1, 0.15) is 16.8 Å². The minimum Gasteiger partial charge on any atom is -0.478 e. The van der Waals surface area contributed by atoms with E-state index in [4.69, 9.17) is 26.2 Å². The summed E-state index contributed by atoms with van der Waals surface area (Å²) in [5.41, 5.74) is -0.00872. The van der Waals surface area contributed by atoms with Crippen molar-refractivity contribution >= 4 is 17.6 Å². The van der Waals surface area contributed by atoms with Crippen molar-refractivity contribution in [1.82, 2.24) is 4.98 Å². The Morgan fingerprint density at radius 2 is 2.50 bits per heavy atom. The Kier molecular flexibility index (Phi) is 3.26. The fourth-order valence-corrected chi connectivity index (χ4v) is 1.67. The maximum Gasteiger partial charge on any atom is 0.337 e. The number of rotatable bonds is 3. The SMILES string of the molecule is O=C(O)c1ccnc(OC2CCOC2)c1Cl. The van der Waals surface area contributed by atoms with Gasteiger partial charge in [0.05, 0.1) is 18.8 Å². The smallest absolute Gasteiger partial charge is 0.337 e. The highest BCUT2D eigenvalue weighted by Crippen LogP contribution is 2.27. The first-order valence-corrected chi connectivity index (χ1v) is 5.18. The van der Waals surface area contributed by atoms with Crippen molar-refractivity contribution in [3.05, 3.63) is 22.8 Å². The zero-order chi connectivity index (χ0) is 11.5. The van der Waals surface area contributed by atoms with Crippen LogP contribution in [0.5, 0.6) is 5.88 Å². The van der Waals surface area contributed by atoms with Gasteiger partial charge in [0.1, 0.15) is 11.1 Å². The molecule has 1 unspecified atom stereocenters. The van der Waals surface area contributed by atoms with Crippen LogP contribution in [0.15, 0.2) is 12.3 Å². The molecule has 86 valence electrons. The van der Waals surface area contributed by atoms with E-state index in [0.29, 0.717) is 13.2 Å². The van der Waals surface area contributed by atoms with Crippen LogP contribution >= 0.6 is 11.6 Å². The number of hydrogen-bond donors (Lipinski definition) is 1. The highest BCUT2D eigenvalue weighted by molar-refractivity contribution is 6.34. The molecule has 1 aliphatic rings. The molecule has 0 saturated carbocycles. The molecule has 2 heterocycles. The summed E-state index contributed by atoms with van der Waals surface area (Å²) in [5.74, 6) is -0.947. The molecule has 0 radical (unpaired) electrons. The molecule has 1 aromatic heterocycles. The average Bonchev–Trinajstić information content (AvgIpc) is 2.73. The first-order valence-electron chi connectivity index (χ1n) is 4.80. The first kappa shape index (κ1) is 11.2. The van der Waals surface area contributed by atoms with Gasteiger partial charge in [0.2, 0.25) is 5.88 Å². The van der Waals surface area contributed by atoms with Gasteiger partial charge in [0, 0.05) is 12.6 Å². The molecule has 0 aliphatic carbocycles. The Morgan fingerprint density at radius 3 is 3.12 bits per heavy atom. The molecule has 1 aliphatic heterocycles. The molecule has 6 heteroatoms. The van der Waals surface area contributed by atoms with Crippen LogP contribution < -0.4 is 4.74 Å². The molecule has 5 nitrogen and oxygen atoms in total. The van der Waals surface area contributed by atoms with E-state index >= 15 is 0 Å². The van der Waals surface area contributed by atoms with Crippen molar-refractivity contribution in [3.8, 4) is 5.88 Å². The summed E-state index contributed by atoms with van der Waals surface area (Å²) >= 11 is 5.87. The fraction of sp³-hybridized carbons (Fsp3) is 0.400. The van der Waals surface area contributed by atoms with Gasteiger partial charge in [-0.1, -0.05) is 11.6 Å². The van der Waals surface area contributed by atoms with Crippen molar-refractivity contribution in [1.29, 1.82) is 0 Å². The molecular weight excluding hydrogens is 234 g/mol. The number of carboxylic acid groups (broad SMARTS) is 1. The third-order valence-corrected chi connectivity index (χ3v) is 2.62. The van der Waals surface area contributed by atoms with Crippen LogP contribution in [-0.2, 0) is 4.74 Å². The third kappa shape index (κ3) is 2.25. The lowest BCUT2D eigenvalue weighted by Crippen LogP contribution is -2.17. The van der Waals surface area contributed by atoms with E-state index in [1.165, 1.54) is 12.3 Å². The molecule has 1 atom stereocenters. The summed E-state index contributed by atoms with van der Waals surface area (Å²) < 4.78 is 10.6. The zero-order valence-corrected chi connectivity index (χ0v) is 9.11. The summed E-state index contributed by atoms with van der Waals surface area (Å²) in [4.78, 5) is 14.7. The van der Waals surface area contributed by atoms with Gasteiger partial charge in [-0.05, 0) is 6.07 Å². The van der Waals surface area contributed by atoms with Crippen molar-refractivity contribution in [2.24, 2.45) is 0 Å². The lowest BCUT2D eigenvalue weighted by Gasteiger charge is -2.12. The van der Waals surface area contributed by atoms with Crippen LogP contribution in [0.4, 0.5) is 0 Å². The molecule has 0 amide bonds. The van der Waals surface area contributed by atoms with E-state index in [9.17, 15) is 4.79 Å². The number of aromatic nitrogens is 1. The summed E-state index contributed by atoms with van der Waals surface area (Å²) in [6.07, 6.45) is 2.02. The van der Waals surface area contributed by atoms with E-state index in [2.05, 4.69) is 4.98 Å². The van der Waals surface area contributed by atoms with Gasteiger partial charge in [-0.2, -0.15) is 0 Å². The van der Waals surface area contributed by atoms with Crippen LogP contribution in [0.2, 0.25) is 5.02 Å². The Labute approximate surface area is 97.0 Å². The summed E-state index contributed by atoms with van der Waals surface area (Å²) in [6, 6.07) is 1.34. The van der Waals surface area contributed by atoms with Gasteiger partial charge in [-0.3, -0.25) is 0 Å². The van der Waals surface area contributed by atoms with E-state index in [-0.39, 0.29) is 22.6 Å². The quantitative estimate of drug-likeness (QED) is 0.873. The lowest BCUT2D eigenvalue weighted by molar-refractivity contribution is 0.0695. The van der Waals surface area contributed by atoms with Crippen LogP contribution in [0.3, 0.4) is 0 Å². The number of carboxylic acids is 1. The number of aromatic carboxylic acids is 1. The fourth-order valence-electron chi connectivity index (χ4n) is 1.44. The summed E-state index contributed by atoms with van der Waals surface area (Å²) in [5, 5.41) is 8.89.